The number of benzene rings is 2. The van der Waals surface area contributed by atoms with Crippen molar-refractivity contribution in [3.05, 3.63) is 65.7 Å². The molecule has 24 heavy (non-hydrogen) atoms. The summed E-state index contributed by atoms with van der Waals surface area (Å²) >= 11 is 0. The lowest BCUT2D eigenvalue weighted by Gasteiger charge is -2.16. The Bertz CT molecular complexity index is 742. The molecule has 6 nitrogen and oxygen atoms in total. The summed E-state index contributed by atoms with van der Waals surface area (Å²) in [6.45, 7) is 0.168. The zero-order valence-corrected chi connectivity index (χ0v) is 13.1. The number of nitrogens with zero attached hydrogens (tertiary/aromatic N) is 1. The third kappa shape index (κ3) is 4.42. The van der Waals surface area contributed by atoms with Gasteiger partial charge in [-0.3, -0.25) is 9.59 Å². The SMILES string of the molecule is CN(CCC(=O)Oc1ccccc1C(=O)O)C(=O)c1ccccc1. The summed E-state index contributed by atoms with van der Waals surface area (Å²) in [5.41, 5.74) is 0.448. The van der Waals surface area contributed by atoms with Crippen LogP contribution in [0.25, 0.3) is 0 Å². The minimum absolute atomic E-state index is 0.00737. The molecular weight excluding hydrogens is 310 g/mol. The maximum atomic E-state index is 12.2. The Balaban J connectivity index is 1.92. The van der Waals surface area contributed by atoms with Gasteiger partial charge in [-0.2, -0.15) is 0 Å². The first-order valence-electron chi connectivity index (χ1n) is 7.32. The number of esters is 1. The van der Waals surface area contributed by atoms with E-state index < -0.39 is 11.9 Å². The topological polar surface area (TPSA) is 83.9 Å². The van der Waals surface area contributed by atoms with Crippen LogP contribution in [-0.2, 0) is 4.79 Å². The Kier molecular flexibility index (Phi) is 5.68. The van der Waals surface area contributed by atoms with Crippen LogP contribution in [0.5, 0.6) is 5.75 Å². The number of hydrogen-bond acceptors (Lipinski definition) is 4. The van der Waals surface area contributed by atoms with Gasteiger partial charge in [0.2, 0.25) is 0 Å². The normalized spacial score (nSPS) is 10.0. The molecule has 0 aliphatic rings. The van der Waals surface area contributed by atoms with Gasteiger partial charge in [0.05, 0.1) is 6.42 Å². The molecule has 0 aliphatic heterocycles. The van der Waals surface area contributed by atoms with E-state index in [1.54, 1.807) is 43.4 Å². The molecule has 1 amide bonds. The number of carboxylic acids is 1. The first-order chi connectivity index (χ1) is 11.5. The van der Waals surface area contributed by atoms with Crippen LogP contribution in [-0.4, -0.2) is 41.4 Å². The summed E-state index contributed by atoms with van der Waals surface area (Å²) in [5.74, 6) is -1.98. The molecule has 124 valence electrons. The number of aromatic carboxylic acids is 1. The van der Waals surface area contributed by atoms with Crippen LogP contribution in [0.2, 0.25) is 0 Å². The summed E-state index contributed by atoms with van der Waals surface area (Å²) in [6, 6.07) is 14.6. The van der Waals surface area contributed by atoms with Crippen LogP contribution in [0.1, 0.15) is 27.1 Å². The summed E-state index contributed by atoms with van der Waals surface area (Å²) in [4.78, 5) is 36.5. The average Bonchev–Trinajstić information content (AvgIpc) is 2.60. The second-order valence-electron chi connectivity index (χ2n) is 5.12. The molecule has 0 saturated heterocycles. The van der Waals surface area contributed by atoms with Crippen molar-refractivity contribution in [2.24, 2.45) is 0 Å². The number of carboxylic acid groups (broad SMARTS) is 1. The van der Waals surface area contributed by atoms with Crippen LogP contribution in [0.4, 0.5) is 0 Å². The van der Waals surface area contributed by atoms with Gasteiger partial charge in [-0.15, -0.1) is 0 Å². The number of ether oxygens (including phenoxy) is 1. The van der Waals surface area contributed by atoms with Gasteiger partial charge in [-0.05, 0) is 24.3 Å². The van der Waals surface area contributed by atoms with E-state index in [0.29, 0.717) is 5.56 Å². The lowest BCUT2D eigenvalue weighted by molar-refractivity contribution is -0.134. The van der Waals surface area contributed by atoms with Crippen LogP contribution in [0.15, 0.2) is 54.6 Å². The molecule has 0 atom stereocenters. The number of rotatable bonds is 6. The lowest BCUT2D eigenvalue weighted by atomic mass is 10.2. The maximum absolute atomic E-state index is 12.2. The third-order valence-corrected chi connectivity index (χ3v) is 3.36. The molecule has 0 aliphatic carbocycles. The van der Waals surface area contributed by atoms with E-state index in [1.807, 2.05) is 6.07 Å². The van der Waals surface area contributed by atoms with Gasteiger partial charge < -0.3 is 14.7 Å². The van der Waals surface area contributed by atoms with Crippen molar-refractivity contribution in [1.29, 1.82) is 0 Å². The molecule has 0 unspecified atom stereocenters. The van der Waals surface area contributed by atoms with Gasteiger partial charge in [-0.25, -0.2) is 4.79 Å². The molecule has 6 heteroatoms. The fourth-order valence-electron chi connectivity index (χ4n) is 2.07. The highest BCUT2D eigenvalue weighted by molar-refractivity contribution is 5.94. The fourth-order valence-corrected chi connectivity index (χ4v) is 2.07. The monoisotopic (exact) mass is 327 g/mol. The van der Waals surface area contributed by atoms with Crippen molar-refractivity contribution < 1.29 is 24.2 Å². The number of hydrogen-bond donors (Lipinski definition) is 1. The number of amides is 1. The van der Waals surface area contributed by atoms with E-state index in [2.05, 4.69) is 0 Å². The summed E-state index contributed by atoms with van der Waals surface area (Å²) < 4.78 is 5.08. The fraction of sp³-hybridized carbons (Fsp3) is 0.167. The van der Waals surface area contributed by atoms with Crippen molar-refractivity contribution in [2.45, 2.75) is 6.42 Å². The highest BCUT2D eigenvalue weighted by Crippen LogP contribution is 2.18. The summed E-state index contributed by atoms with van der Waals surface area (Å²) in [6.07, 6.45) is -0.0387. The molecule has 0 spiro atoms. The second-order valence-corrected chi connectivity index (χ2v) is 5.12. The van der Waals surface area contributed by atoms with Gasteiger partial charge >= 0.3 is 11.9 Å². The first-order valence-corrected chi connectivity index (χ1v) is 7.32. The van der Waals surface area contributed by atoms with E-state index in [1.165, 1.54) is 17.0 Å². The minimum Gasteiger partial charge on any atom is -0.478 e. The molecular formula is C18H17NO5. The van der Waals surface area contributed by atoms with Crippen LogP contribution < -0.4 is 4.74 Å². The predicted octanol–water partition coefficient (Wildman–Crippen LogP) is 2.45. The van der Waals surface area contributed by atoms with Crippen LogP contribution >= 0.6 is 0 Å². The maximum Gasteiger partial charge on any atom is 0.339 e. The highest BCUT2D eigenvalue weighted by Gasteiger charge is 2.16. The lowest BCUT2D eigenvalue weighted by Crippen LogP contribution is -2.29. The zero-order valence-electron chi connectivity index (χ0n) is 13.1. The molecule has 2 aromatic carbocycles. The smallest absolute Gasteiger partial charge is 0.339 e. The van der Waals surface area contributed by atoms with Gasteiger partial charge in [0.25, 0.3) is 5.91 Å². The van der Waals surface area contributed by atoms with Crippen molar-refractivity contribution in [2.75, 3.05) is 13.6 Å². The summed E-state index contributed by atoms with van der Waals surface area (Å²) in [5, 5.41) is 9.05. The number of carbonyl (C=O) groups excluding carboxylic acids is 2. The molecule has 0 radical (unpaired) electrons. The molecule has 1 N–H and O–H groups in total. The van der Waals surface area contributed by atoms with E-state index in [4.69, 9.17) is 9.84 Å². The van der Waals surface area contributed by atoms with E-state index in [-0.39, 0.29) is 30.2 Å². The van der Waals surface area contributed by atoms with Crippen molar-refractivity contribution in [3.8, 4) is 5.75 Å². The Morgan fingerprint density at radius 3 is 2.29 bits per heavy atom. The quantitative estimate of drug-likeness (QED) is 0.651. The zero-order chi connectivity index (χ0) is 17.5. The van der Waals surface area contributed by atoms with Crippen LogP contribution in [0.3, 0.4) is 0 Å². The van der Waals surface area contributed by atoms with Crippen molar-refractivity contribution in [3.63, 3.8) is 0 Å². The largest absolute Gasteiger partial charge is 0.478 e. The van der Waals surface area contributed by atoms with Gasteiger partial charge in [0.1, 0.15) is 11.3 Å². The number of para-hydroxylation sites is 1. The highest BCUT2D eigenvalue weighted by atomic mass is 16.5. The molecule has 0 heterocycles. The van der Waals surface area contributed by atoms with Crippen molar-refractivity contribution >= 4 is 17.8 Å². The Hall–Kier alpha value is -3.15. The predicted molar refractivity (Wildman–Crippen MR) is 87.1 cm³/mol. The van der Waals surface area contributed by atoms with Crippen LogP contribution in [0, 0.1) is 0 Å². The Morgan fingerprint density at radius 2 is 1.62 bits per heavy atom. The van der Waals surface area contributed by atoms with E-state index >= 15 is 0 Å². The average molecular weight is 327 g/mol. The van der Waals surface area contributed by atoms with E-state index in [9.17, 15) is 14.4 Å². The second kappa shape index (κ2) is 7.92. The molecule has 2 rings (SSSR count). The molecule has 0 fully saturated rings. The molecule has 0 aromatic heterocycles. The van der Waals surface area contributed by atoms with Gasteiger partial charge in [-0.1, -0.05) is 30.3 Å². The standard InChI is InChI=1S/C18H17NO5/c1-19(17(21)13-7-3-2-4-8-13)12-11-16(20)24-15-10-6-5-9-14(15)18(22)23/h2-10H,11-12H2,1H3,(H,22,23). The molecule has 2 aromatic rings. The van der Waals surface area contributed by atoms with Crippen molar-refractivity contribution in [1.82, 2.24) is 4.90 Å². The number of carbonyl (C=O) groups is 3. The Labute approximate surface area is 139 Å². The minimum atomic E-state index is -1.17. The third-order valence-electron chi connectivity index (χ3n) is 3.36. The van der Waals surface area contributed by atoms with Gasteiger partial charge in [0.15, 0.2) is 0 Å². The molecule has 0 saturated carbocycles. The van der Waals surface area contributed by atoms with Gasteiger partial charge in [0, 0.05) is 19.2 Å². The van der Waals surface area contributed by atoms with E-state index in [0.717, 1.165) is 0 Å². The Morgan fingerprint density at radius 1 is 1.00 bits per heavy atom. The summed E-state index contributed by atoms with van der Waals surface area (Å²) in [7, 11) is 1.59. The first kappa shape index (κ1) is 17.2. The molecule has 0 bridgehead atoms.